The number of carboxylic acid groups (broad SMARTS) is 1. The maximum atomic E-state index is 11.3. The van der Waals surface area contributed by atoms with Crippen LogP contribution in [0.1, 0.15) is 32.1 Å². The topological polar surface area (TPSA) is 125 Å². The Morgan fingerprint density at radius 2 is 2.05 bits per heavy atom. The number of hydrogen-bond acceptors (Lipinski definition) is 4. The van der Waals surface area contributed by atoms with E-state index in [1.165, 1.54) is 0 Å². The number of carbonyl (C=O) groups is 4. The molecule has 0 aromatic heterocycles. The van der Waals surface area contributed by atoms with Crippen LogP contribution in [0.3, 0.4) is 0 Å². The first-order chi connectivity index (χ1) is 8.97. The fraction of sp³-hybridized carbons (Fsp3) is 0.636. The quantitative estimate of drug-likeness (QED) is 0.510. The maximum absolute atomic E-state index is 11.3. The van der Waals surface area contributed by atoms with Crippen LogP contribution in [-0.2, 0) is 14.4 Å². The first kappa shape index (κ1) is 14.9. The summed E-state index contributed by atoms with van der Waals surface area (Å²) in [6, 6.07) is -0.734. The second-order valence-corrected chi connectivity index (χ2v) is 4.31. The van der Waals surface area contributed by atoms with Gasteiger partial charge in [0.1, 0.15) is 0 Å². The van der Waals surface area contributed by atoms with Crippen LogP contribution in [0.15, 0.2) is 0 Å². The average Bonchev–Trinajstić information content (AvgIpc) is 2.72. The van der Waals surface area contributed by atoms with E-state index >= 15 is 0 Å². The number of aliphatic carboxylic acids is 1. The first-order valence-electron chi connectivity index (χ1n) is 6.06. The van der Waals surface area contributed by atoms with Crippen molar-refractivity contribution >= 4 is 23.8 Å². The molecule has 1 fully saturated rings. The smallest absolute Gasteiger partial charge is 0.321 e. The van der Waals surface area contributed by atoms with E-state index in [0.29, 0.717) is 12.8 Å². The molecule has 1 heterocycles. The van der Waals surface area contributed by atoms with E-state index in [9.17, 15) is 19.2 Å². The minimum Gasteiger partial charge on any atom is -0.481 e. The van der Waals surface area contributed by atoms with Gasteiger partial charge in [-0.3, -0.25) is 19.7 Å². The third kappa shape index (κ3) is 6.39. The molecule has 1 rings (SSSR count). The molecule has 0 bridgehead atoms. The fourth-order valence-corrected chi connectivity index (χ4v) is 1.68. The molecule has 1 unspecified atom stereocenters. The molecule has 1 aliphatic heterocycles. The molecule has 0 aliphatic carbocycles. The minimum atomic E-state index is -0.978. The van der Waals surface area contributed by atoms with Crippen molar-refractivity contribution in [3.63, 3.8) is 0 Å². The number of nitrogens with one attached hydrogen (secondary N) is 3. The van der Waals surface area contributed by atoms with Crippen molar-refractivity contribution in [1.29, 1.82) is 0 Å². The zero-order chi connectivity index (χ0) is 14.3. The maximum Gasteiger partial charge on any atom is 0.321 e. The molecule has 1 aliphatic rings. The van der Waals surface area contributed by atoms with Crippen molar-refractivity contribution in [3.05, 3.63) is 0 Å². The Labute approximate surface area is 109 Å². The molecular weight excluding hydrogens is 254 g/mol. The second-order valence-electron chi connectivity index (χ2n) is 4.31. The van der Waals surface area contributed by atoms with E-state index in [2.05, 4.69) is 16.0 Å². The summed E-state index contributed by atoms with van der Waals surface area (Å²) in [5.41, 5.74) is 0. The van der Waals surface area contributed by atoms with Gasteiger partial charge in [0.05, 0.1) is 0 Å². The molecule has 8 nitrogen and oxygen atoms in total. The predicted octanol–water partition coefficient (Wildman–Crippen LogP) is -0.654. The lowest BCUT2D eigenvalue weighted by Crippen LogP contribution is -2.44. The van der Waals surface area contributed by atoms with Gasteiger partial charge in [-0.1, -0.05) is 0 Å². The molecule has 0 spiro atoms. The number of carbonyl (C=O) groups excluding carboxylic acids is 3. The van der Waals surface area contributed by atoms with Gasteiger partial charge in [0.2, 0.25) is 11.8 Å². The molecular formula is C11H17N3O5. The third-order valence-corrected chi connectivity index (χ3v) is 2.64. The van der Waals surface area contributed by atoms with Crippen LogP contribution >= 0.6 is 0 Å². The standard InChI is InChI=1S/C11H17N3O5/c15-8(2-1-3-10(17)18)14-11(19)12-6-7-4-5-9(16)13-7/h7H,1-6H2,(H,13,16)(H,17,18)(H2,12,14,15,19). The number of imide groups is 1. The first-order valence-corrected chi connectivity index (χ1v) is 6.06. The van der Waals surface area contributed by atoms with Crippen LogP contribution in [-0.4, -0.2) is 41.5 Å². The van der Waals surface area contributed by atoms with E-state index in [-0.39, 0.29) is 37.8 Å². The number of hydrogen-bond donors (Lipinski definition) is 4. The molecule has 0 aromatic rings. The highest BCUT2D eigenvalue weighted by molar-refractivity contribution is 5.94. The summed E-state index contributed by atoms with van der Waals surface area (Å²) in [4.78, 5) is 43.7. The normalized spacial score (nSPS) is 17.7. The molecule has 4 amide bonds. The molecule has 0 radical (unpaired) electrons. The summed E-state index contributed by atoms with van der Waals surface area (Å²) in [6.45, 7) is 0.264. The Morgan fingerprint density at radius 1 is 1.32 bits per heavy atom. The third-order valence-electron chi connectivity index (χ3n) is 2.64. The average molecular weight is 271 g/mol. The van der Waals surface area contributed by atoms with Crippen LogP contribution in [0, 0.1) is 0 Å². The van der Waals surface area contributed by atoms with Gasteiger partial charge in [-0.05, 0) is 12.8 Å². The van der Waals surface area contributed by atoms with Gasteiger partial charge >= 0.3 is 12.0 Å². The highest BCUT2D eigenvalue weighted by Gasteiger charge is 2.21. The molecule has 19 heavy (non-hydrogen) atoms. The molecule has 1 atom stereocenters. The Kier molecular flexibility index (Phi) is 5.77. The predicted molar refractivity (Wildman–Crippen MR) is 64.2 cm³/mol. The van der Waals surface area contributed by atoms with Gasteiger partial charge in [0, 0.05) is 31.8 Å². The molecule has 0 saturated carbocycles. The Hall–Kier alpha value is -2.12. The fourth-order valence-electron chi connectivity index (χ4n) is 1.68. The zero-order valence-electron chi connectivity index (χ0n) is 10.4. The van der Waals surface area contributed by atoms with Gasteiger partial charge < -0.3 is 15.7 Å². The summed E-state index contributed by atoms with van der Waals surface area (Å²) in [5.74, 6) is -1.54. The summed E-state index contributed by atoms with van der Waals surface area (Å²) >= 11 is 0. The van der Waals surface area contributed by atoms with Crippen molar-refractivity contribution in [2.24, 2.45) is 0 Å². The van der Waals surface area contributed by atoms with E-state index in [4.69, 9.17) is 5.11 Å². The lowest BCUT2D eigenvalue weighted by atomic mass is 10.2. The Bertz CT molecular complexity index is 383. The van der Waals surface area contributed by atoms with Crippen LogP contribution in [0.2, 0.25) is 0 Å². The van der Waals surface area contributed by atoms with Gasteiger partial charge in [-0.15, -0.1) is 0 Å². The van der Waals surface area contributed by atoms with E-state index in [0.717, 1.165) is 0 Å². The van der Waals surface area contributed by atoms with Gasteiger partial charge in [-0.25, -0.2) is 4.79 Å². The number of urea groups is 1. The molecule has 4 N–H and O–H groups in total. The van der Waals surface area contributed by atoms with Crippen LogP contribution in [0.25, 0.3) is 0 Å². The van der Waals surface area contributed by atoms with Crippen LogP contribution in [0.5, 0.6) is 0 Å². The minimum absolute atomic E-state index is 0.0140. The second kappa shape index (κ2) is 7.34. The van der Waals surface area contributed by atoms with Crippen molar-refractivity contribution in [1.82, 2.24) is 16.0 Å². The van der Waals surface area contributed by atoms with Crippen molar-refractivity contribution in [2.75, 3.05) is 6.54 Å². The highest BCUT2D eigenvalue weighted by atomic mass is 16.4. The summed E-state index contributed by atoms with van der Waals surface area (Å²) in [5, 5.41) is 15.6. The van der Waals surface area contributed by atoms with E-state index < -0.39 is 17.9 Å². The molecule has 1 saturated heterocycles. The molecule has 8 heteroatoms. The summed E-state index contributed by atoms with van der Waals surface area (Å²) in [6.07, 6.45) is 1.17. The molecule has 106 valence electrons. The van der Waals surface area contributed by atoms with Gasteiger partial charge in [-0.2, -0.15) is 0 Å². The summed E-state index contributed by atoms with van der Waals surface area (Å²) in [7, 11) is 0. The van der Waals surface area contributed by atoms with Crippen molar-refractivity contribution in [3.8, 4) is 0 Å². The SMILES string of the molecule is O=C(O)CCCC(=O)NC(=O)NCC1CCC(=O)N1. The van der Waals surface area contributed by atoms with Crippen molar-refractivity contribution < 1.29 is 24.3 Å². The lowest BCUT2D eigenvalue weighted by Gasteiger charge is -2.11. The lowest BCUT2D eigenvalue weighted by molar-refractivity contribution is -0.137. The van der Waals surface area contributed by atoms with Crippen LogP contribution < -0.4 is 16.0 Å². The highest BCUT2D eigenvalue weighted by Crippen LogP contribution is 2.04. The zero-order valence-corrected chi connectivity index (χ0v) is 10.4. The van der Waals surface area contributed by atoms with E-state index in [1.807, 2.05) is 0 Å². The number of rotatable bonds is 6. The van der Waals surface area contributed by atoms with Crippen molar-refractivity contribution in [2.45, 2.75) is 38.1 Å². The number of carboxylic acids is 1. The van der Waals surface area contributed by atoms with Gasteiger partial charge in [0.15, 0.2) is 0 Å². The van der Waals surface area contributed by atoms with Gasteiger partial charge in [0.25, 0.3) is 0 Å². The largest absolute Gasteiger partial charge is 0.481 e. The monoisotopic (exact) mass is 271 g/mol. The Morgan fingerprint density at radius 3 is 2.63 bits per heavy atom. The van der Waals surface area contributed by atoms with E-state index in [1.54, 1.807) is 0 Å². The van der Waals surface area contributed by atoms with Crippen LogP contribution in [0.4, 0.5) is 4.79 Å². The Balaban J connectivity index is 2.11. The summed E-state index contributed by atoms with van der Waals surface area (Å²) < 4.78 is 0. The number of amides is 4. The molecule has 0 aromatic carbocycles.